The molecule has 0 saturated carbocycles. The smallest absolute Gasteiger partial charge is 0.124 e. The number of hydrogen-bond acceptors (Lipinski definition) is 5. The molecule has 1 aromatic rings. The van der Waals surface area contributed by atoms with Crippen LogP contribution in [-0.4, -0.2) is 33.0 Å². The molecule has 0 radical (unpaired) electrons. The molecule has 0 heterocycles. The van der Waals surface area contributed by atoms with Crippen LogP contribution in [0, 0.1) is 0 Å². The highest BCUT2D eigenvalue weighted by Gasteiger charge is 2.14. The number of aliphatic hydroxyl groups is 1. The average Bonchev–Trinajstić information content (AvgIpc) is 2.35. The van der Waals surface area contributed by atoms with Crippen molar-refractivity contribution in [3.63, 3.8) is 0 Å². The molecule has 5 heteroatoms. The van der Waals surface area contributed by atoms with Crippen LogP contribution in [0.4, 0.5) is 0 Å². The van der Waals surface area contributed by atoms with Gasteiger partial charge in [0, 0.05) is 5.56 Å². The maximum Gasteiger partial charge on any atom is 0.124 e. The van der Waals surface area contributed by atoms with Gasteiger partial charge in [-0.05, 0) is 18.2 Å². The Kier molecular flexibility index (Phi) is 5.04. The second-order valence-corrected chi connectivity index (χ2v) is 3.18. The molecule has 2 N–H and O–H groups in total. The Bertz CT molecular complexity index is 330. The fourth-order valence-electron chi connectivity index (χ4n) is 1.37. The van der Waals surface area contributed by atoms with Crippen LogP contribution in [0.1, 0.15) is 11.7 Å². The topological polar surface area (TPSA) is 60.0 Å². The number of hydroxylamine groups is 1. The molecule has 0 aromatic heterocycles. The molecule has 1 unspecified atom stereocenters. The van der Waals surface area contributed by atoms with E-state index >= 15 is 0 Å². The van der Waals surface area contributed by atoms with Gasteiger partial charge in [0.2, 0.25) is 0 Å². The molecule has 1 rings (SSSR count). The second kappa shape index (κ2) is 6.32. The fourth-order valence-corrected chi connectivity index (χ4v) is 1.37. The summed E-state index contributed by atoms with van der Waals surface area (Å²) in [5, 5.41) is 9.91. The van der Waals surface area contributed by atoms with E-state index in [2.05, 4.69) is 10.3 Å². The van der Waals surface area contributed by atoms with E-state index in [1.807, 2.05) is 0 Å². The van der Waals surface area contributed by atoms with Crippen molar-refractivity contribution in [3.05, 3.63) is 23.8 Å². The molecule has 16 heavy (non-hydrogen) atoms. The van der Waals surface area contributed by atoms with Crippen molar-refractivity contribution in [3.8, 4) is 11.5 Å². The lowest BCUT2D eigenvalue weighted by Crippen LogP contribution is -2.20. The van der Waals surface area contributed by atoms with Gasteiger partial charge in [-0.25, -0.2) is 0 Å². The van der Waals surface area contributed by atoms with E-state index in [4.69, 9.17) is 9.47 Å². The van der Waals surface area contributed by atoms with Crippen molar-refractivity contribution >= 4 is 0 Å². The normalized spacial score (nSPS) is 12.2. The molecule has 0 spiro atoms. The molecule has 0 fully saturated rings. The highest BCUT2D eigenvalue weighted by Crippen LogP contribution is 2.28. The second-order valence-electron chi connectivity index (χ2n) is 3.18. The Morgan fingerprint density at radius 1 is 1.25 bits per heavy atom. The van der Waals surface area contributed by atoms with E-state index in [1.54, 1.807) is 32.4 Å². The fraction of sp³-hybridized carbons (Fsp3) is 0.455. The van der Waals surface area contributed by atoms with Crippen LogP contribution in [0.2, 0.25) is 0 Å². The van der Waals surface area contributed by atoms with Gasteiger partial charge in [-0.2, -0.15) is 5.48 Å². The van der Waals surface area contributed by atoms with Crippen LogP contribution in [0.3, 0.4) is 0 Å². The molecule has 0 aliphatic carbocycles. The Morgan fingerprint density at radius 3 is 2.56 bits per heavy atom. The van der Waals surface area contributed by atoms with Gasteiger partial charge in [-0.3, -0.25) is 0 Å². The molecule has 5 nitrogen and oxygen atoms in total. The summed E-state index contributed by atoms with van der Waals surface area (Å²) in [6.45, 7) is 0.278. The van der Waals surface area contributed by atoms with Gasteiger partial charge in [0.05, 0.1) is 34.0 Å². The van der Waals surface area contributed by atoms with Crippen LogP contribution in [-0.2, 0) is 4.84 Å². The van der Waals surface area contributed by atoms with E-state index in [1.165, 1.54) is 7.11 Å². The monoisotopic (exact) mass is 227 g/mol. The van der Waals surface area contributed by atoms with Gasteiger partial charge in [-0.15, -0.1) is 0 Å². The van der Waals surface area contributed by atoms with E-state index < -0.39 is 6.10 Å². The van der Waals surface area contributed by atoms with Gasteiger partial charge in [-0.1, -0.05) is 0 Å². The minimum Gasteiger partial charge on any atom is -0.497 e. The molecule has 0 aliphatic heterocycles. The highest BCUT2D eigenvalue weighted by molar-refractivity contribution is 5.41. The zero-order valence-corrected chi connectivity index (χ0v) is 9.69. The first-order chi connectivity index (χ1) is 7.72. The third kappa shape index (κ3) is 3.10. The number of hydrogen-bond donors (Lipinski definition) is 2. The largest absolute Gasteiger partial charge is 0.497 e. The number of ether oxygens (including phenoxy) is 2. The summed E-state index contributed by atoms with van der Waals surface area (Å²) in [5.74, 6) is 1.29. The van der Waals surface area contributed by atoms with Crippen molar-refractivity contribution < 1.29 is 19.4 Å². The summed E-state index contributed by atoms with van der Waals surface area (Å²) >= 11 is 0. The zero-order chi connectivity index (χ0) is 12.0. The first kappa shape index (κ1) is 12.8. The van der Waals surface area contributed by atoms with Gasteiger partial charge in [0.1, 0.15) is 11.5 Å². The molecule has 0 bridgehead atoms. The number of aliphatic hydroxyl groups excluding tert-OH is 1. The quantitative estimate of drug-likeness (QED) is 0.707. The van der Waals surface area contributed by atoms with Crippen molar-refractivity contribution in [1.29, 1.82) is 0 Å². The Hall–Kier alpha value is -1.30. The standard InChI is InChI=1S/C11H17NO4/c1-14-8-4-5-11(15-2)9(6-8)10(13)7-12-16-3/h4-6,10,12-13H,7H2,1-3H3. The molecule has 1 aromatic carbocycles. The SMILES string of the molecule is CONCC(O)c1cc(OC)ccc1OC. The van der Waals surface area contributed by atoms with Gasteiger partial charge >= 0.3 is 0 Å². The van der Waals surface area contributed by atoms with Crippen LogP contribution >= 0.6 is 0 Å². The summed E-state index contributed by atoms with van der Waals surface area (Å²) in [5.41, 5.74) is 3.25. The molecule has 90 valence electrons. The molecular weight excluding hydrogens is 210 g/mol. The van der Waals surface area contributed by atoms with Crippen LogP contribution < -0.4 is 15.0 Å². The maximum absolute atomic E-state index is 9.91. The van der Waals surface area contributed by atoms with Crippen molar-refractivity contribution in [2.24, 2.45) is 0 Å². The summed E-state index contributed by atoms with van der Waals surface area (Å²) in [6, 6.07) is 5.27. The predicted octanol–water partition coefficient (Wildman–Crippen LogP) is 0.888. The van der Waals surface area contributed by atoms with Crippen molar-refractivity contribution in [2.75, 3.05) is 27.9 Å². The molecule has 1 atom stereocenters. The molecule has 0 aliphatic rings. The lowest BCUT2D eigenvalue weighted by Gasteiger charge is -2.15. The third-order valence-corrected chi connectivity index (χ3v) is 2.22. The molecule has 0 amide bonds. The van der Waals surface area contributed by atoms with Crippen LogP contribution in [0.15, 0.2) is 18.2 Å². The Balaban J connectivity index is 2.89. The predicted molar refractivity (Wildman–Crippen MR) is 59.5 cm³/mol. The van der Waals surface area contributed by atoms with Gasteiger partial charge in [0.15, 0.2) is 0 Å². The van der Waals surface area contributed by atoms with E-state index in [0.717, 1.165) is 0 Å². The summed E-state index contributed by atoms with van der Waals surface area (Å²) in [4.78, 5) is 4.68. The number of rotatable bonds is 6. The lowest BCUT2D eigenvalue weighted by atomic mass is 10.1. The molecule has 0 saturated heterocycles. The van der Waals surface area contributed by atoms with E-state index in [0.29, 0.717) is 17.1 Å². The first-order valence-electron chi connectivity index (χ1n) is 4.88. The summed E-state index contributed by atoms with van der Waals surface area (Å²) < 4.78 is 10.3. The van der Waals surface area contributed by atoms with E-state index in [-0.39, 0.29) is 6.54 Å². The Morgan fingerprint density at radius 2 is 2.00 bits per heavy atom. The maximum atomic E-state index is 9.91. The summed E-state index contributed by atoms with van der Waals surface area (Å²) in [6.07, 6.45) is -0.718. The van der Waals surface area contributed by atoms with Gasteiger partial charge in [0.25, 0.3) is 0 Å². The lowest BCUT2D eigenvalue weighted by molar-refractivity contribution is 0.0491. The number of benzene rings is 1. The average molecular weight is 227 g/mol. The van der Waals surface area contributed by atoms with Crippen LogP contribution in [0.25, 0.3) is 0 Å². The summed E-state index contributed by atoms with van der Waals surface area (Å²) in [7, 11) is 4.63. The van der Waals surface area contributed by atoms with Crippen molar-refractivity contribution in [2.45, 2.75) is 6.10 Å². The number of nitrogens with one attached hydrogen (secondary N) is 1. The highest BCUT2D eigenvalue weighted by atomic mass is 16.6. The van der Waals surface area contributed by atoms with E-state index in [9.17, 15) is 5.11 Å². The number of methoxy groups -OCH3 is 2. The van der Waals surface area contributed by atoms with Gasteiger partial charge < -0.3 is 19.4 Å². The van der Waals surface area contributed by atoms with Crippen molar-refractivity contribution in [1.82, 2.24) is 5.48 Å². The molecular formula is C11H17NO4. The minimum atomic E-state index is -0.718. The minimum absolute atomic E-state index is 0.278. The van der Waals surface area contributed by atoms with Crippen LogP contribution in [0.5, 0.6) is 11.5 Å². The first-order valence-corrected chi connectivity index (χ1v) is 4.88. The zero-order valence-electron chi connectivity index (χ0n) is 9.69. The Labute approximate surface area is 94.9 Å². The third-order valence-electron chi connectivity index (χ3n) is 2.22.